The monoisotopic (exact) mass is 782 g/mol. The van der Waals surface area contributed by atoms with E-state index in [-0.39, 0.29) is 33.6 Å². The van der Waals surface area contributed by atoms with E-state index in [0.717, 1.165) is 19.2 Å². The van der Waals surface area contributed by atoms with Gasteiger partial charge < -0.3 is 56.6 Å². The van der Waals surface area contributed by atoms with Crippen LogP contribution in [0.4, 0.5) is 10.2 Å². The zero-order chi connectivity index (χ0) is 40.4. The number of aromatic nitrogens is 2. The summed E-state index contributed by atoms with van der Waals surface area (Å²) in [5, 5.41) is 67.3. The third kappa shape index (κ3) is 6.16. The number of nitrogens with zero attached hydrogens (tertiary/aromatic N) is 4. The highest BCUT2D eigenvalue weighted by atomic mass is 19.1. The van der Waals surface area contributed by atoms with Gasteiger partial charge in [-0.2, -0.15) is 0 Å². The first-order valence-electron chi connectivity index (χ1n) is 17.5. The smallest absolute Gasteiger partial charge is 0.341 e. The first-order chi connectivity index (χ1) is 25.9. The number of phenols is 1. The number of piperazine rings is 1. The number of Topliss-reactive ketones (excluding diaryl/α,β-unsaturated/α-hetero) is 2. The number of hydrogen-bond donors (Lipinski definition) is 8. The summed E-state index contributed by atoms with van der Waals surface area (Å²) in [5.41, 5.74) is 0.574. The third-order valence-electron chi connectivity index (χ3n) is 11.0. The Bertz CT molecular complexity index is 2280. The molecule has 56 heavy (non-hydrogen) atoms. The molecule has 0 bridgehead atoms. The molecule has 0 spiro atoms. The van der Waals surface area contributed by atoms with Crippen LogP contribution in [0.25, 0.3) is 11.0 Å². The van der Waals surface area contributed by atoms with Crippen molar-refractivity contribution in [3.8, 4) is 5.75 Å². The third-order valence-corrected chi connectivity index (χ3v) is 11.0. The van der Waals surface area contributed by atoms with E-state index in [4.69, 9.17) is 10.8 Å². The van der Waals surface area contributed by atoms with Gasteiger partial charge in [0.05, 0.1) is 29.0 Å². The normalized spacial score (nSPS) is 25.9. The highest BCUT2D eigenvalue weighted by molar-refractivity contribution is 6.25. The molecule has 11 N–H and O–H groups in total. The van der Waals surface area contributed by atoms with E-state index in [2.05, 4.69) is 10.3 Å². The molecule has 18 nitrogen and oxygen atoms in total. The highest BCUT2D eigenvalue weighted by Crippen LogP contribution is 2.55. The van der Waals surface area contributed by atoms with E-state index in [0.29, 0.717) is 30.8 Å². The summed E-state index contributed by atoms with van der Waals surface area (Å²) in [6, 6.07) is 4.26. The largest absolute Gasteiger partial charge is 0.510 e. The predicted octanol–water partition coefficient (Wildman–Crippen LogP) is -0.509. The van der Waals surface area contributed by atoms with Gasteiger partial charge in [-0.3, -0.25) is 24.1 Å². The Balaban J connectivity index is 0.000000222. The Morgan fingerprint density at radius 3 is 2.34 bits per heavy atom. The minimum Gasteiger partial charge on any atom is -0.510 e. The van der Waals surface area contributed by atoms with Gasteiger partial charge in [0.1, 0.15) is 34.1 Å². The fourth-order valence-electron chi connectivity index (χ4n) is 8.35. The number of hydrogen-bond acceptors (Lipinski definition) is 14. The van der Waals surface area contributed by atoms with E-state index in [9.17, 15) is 53.9 Å². The second-order valence-corrected chi connectivity index (χ2v) is 14.2. The van der Waals surface area contributed by atoms with Gasteiger partial charge in [0.15, 0.2) is 23.0 Å². The number of aliphatic hydroxyl groups is 4. The standard InChI is InChI=1S/C22H24N2O8.C15H17FN4O3.H2O/c1-7-8-5-4-6-9(25)11(8)16(26)12-10(7)17(27)14-15(24(2)3)18(28)13(21(23)31)20(30)22(14,32)19(12)29;1-2-19-8-10(15(22)23)12(21)9-7-11(16)14(18-13(9)19)20-5-3-17-4-6-20;/h4-7,10,14-15,17,25,27-29,32H,1-3H3,(H2,23,31);7-8,17H,2-6H2,1H3,(H,22,23);1H2/t7-,10+,14+,15-,17-,22-;;/m0../s1. The summed E-state index contributed by atoms with van der Waals surface area (Å²) >= 11 is 0. The van der Waals surface area contributed by atoms with Crippen LogP contribution >= 0.6 is 0 Å². The van der Waals surface area contributed by atoms with Crippen molar-refractivity contribution < 1.29 is 59.7 Å². The molecule has 19 heteroatoms. The van der Waals surface area contributed by atoms with Crippen molar-refractivity contribution in [3.63, 3.8) is 0 Å². The number of carboxylic acid groups (broad SMARTS) is 1. The summed E-state index contributed by atoms with van der Waals surface area (Å²) in [5.74, 6) is -10.6. The lowest BCUT2D eigenvalue weighted by Crippen LogP contribution is -2.68. The molecular weight excluding hydrogens is 739 g/mol. The summed E-state index contributed by atoms with van der Waals surface area (Å²) in [7, 11) is 2.98. The van der Waals surface area contributed by atoms with E-state index < -0.39 is 92.9 Å². The molecule has 2 aromatic heterocycles. The van der Waals surface area contributed by atoms with Gasteiger partial charge in [0, 0.05) is 50.4 Å². The van der Waals surface area contributed by atoms with Gasteiger partial charge in [-0.15, -0.1) is 0 Å². The van der Waals surface area contributed by atoms with E-state index in [1.165, 1.54) is 31.3 Å². The van der Waals surface area contributed by atoms with Crippen LogP contribution in [0.5, 0.6) is 5.75 Å². The number of phenolic OH excluding ortho intramolecular Hbond substituents is 1. The van der Waals surface area contributed by atoms with Crippen molar-refractivity contribution in [1.82, 2.24) is 19.8 Å². The zero-order valence-electron chi connectivity index (χ0n) is 30.8. The maximum atomic E-state index is 14.4. The number of pyridine rings is 2. The quantitative estimate of drug-likeness (QED) is 0.151. The second kappa shape index (κ2) is 15.1. The second-order valence-electron chi connectivity index (χ2n) is 14.2. The molecule has 3 aliphatic carbocycles. The molecule has 0 unspecified atom stereocenters. The van der Waals surface area contributed by atoms with Crippen LogP contribution in [0.3, 0.4) is 0 Å². The van der Waals surface area contributed by atoms with Crippen LogP contribution in [-0.2, 0) is 16.1 Å². The molecule has 7 rings (SSSR count). The molecule has 6 atom stereocenters. The maximum Gasteiger partial charge on any atom is 0.341 e. The number of anilines is 1. The molecule has 0 saturated carbocycles. The molecule has 1 fully saturated rings. The predicted molar refractivity (Wildman–Crippen MR) is 197 cm³/mol. The number of amides is 1. The summed E-state index contributed by atoms with van der Waals surface area (Å²) in [6.07, 6.45) is -0.326. The number of carbonyl (C=O) groups is 4. The lowest BCUT2D eigenvalue weighted by Gasteiger charge is -2.53. The van der Waals surface area contributed by atoms with Crippen LogP contribution in [0.2, 0.25) is 0 Å². The molecule has 300 valence electrons. The van der Waals surface area contributed by atoms with Gasteiger partial charge in [0.25, 0.3) is 5.91 Å². The van der Waals surface area contributed by atoms with Crippen molar-refractivity contribution >= 4 is 40.3 Å². The Morgan fingerprint density at radius 2 is 1.77 bits per heavy atom. The summed E-state index contributed by atoms with van der Waals surface area (Å²) in [6.45, 7) is 6.63. The van der Waals surface area contributed by atoms with Gasteiger partial charge in [-0.25, -0.2) is 14.2 Å². The molecule has 1 aromatic carbocycles. The number of nitrogens with one attached hydrogen (secondary N) is 1. The maximum absolute atomic E-state index is 14.4. The number of ketones is 2. The molecule has 0 radical (unpaired) electrons. The van der Waals surface area contributed by atoms with Gasteiger partial charge >= 0.3 is 5.97 Å². The number of carbonyl (C=O) groups excluding carboxylic acids is 3. The fourth-order valence-corrected chi connectivity index (χ4v) is 8.35. The molecule has 1 saturated heterocycles. The van der Waals surface area contributed by atoms with Crippen molar-refractivity contribution in [2.75, 3.05) is 45.2 Å². The van der Waals surface area contributed by atoms with Crippen molar-refractivity contribution in [3.05, 3.63) is 85.9 Å². The number of aryl methyl sites for hydroxylation is 1. The van der Waals surface area contributed by atoms with E-state index in [1.807, 2.05) is 11.8 Å². The van der Waals surface area contributed by atoms with Crippen LogP contribution in [0, 0.1) is 17.7 Å². The number of rotatable bonds is 5. The lowest BCUT2D eigenvalue weighted by molar-refractivity contribution is -0.162. The average Bonchev–Trinajstić information content (AvgIpc) is 3.13. The van der Waals surface area contributed by atoms with E-state index in [1.54, 1.807) is 23.6 Å². The number of aliphatic hydroxyl groups excluding tert-OH is 3. The number of benzene rings is 1. The molecule has 1 amide bonds. The number of primary amides is 1. The Morgan fingerprint density at radius 1 is 1.12 bits per heavy atom. The number of aromatic carboxylic acids is 1. The minimum atomic E-state index is -2.89. The summed E-state index contributed by atoms with van der Waals surface area (Å²) in [4.78, 5) is 69.4. The molecule has 3 aromatic rings. The minimum absolute atomic E-state index is 0. The first kappa shape index (κ1) is 41.4. The van der Waals surface area contributed by atoms with Crippen LogP contribution in [0.15, 0.2) is 57.9 Å². The Hall–Kier alpha value is -5.73. The number of aromatic hydroxyl groups is 1. The Labute approximate surface area is 317 Å². The molecular formula is C37H43FN6O12. The van der Waals surface area contributed by atoms with Crippen LogP contribution < -0.4 is 21.4 Å². The van der Waals surface area contributed by atoms with Gasteiger partial charge in [-0.05, 0) is 44.6 Å². The lowest BCUT2D eigenvalue weighted by atomic mass is 9.55. The zero-order valence-corrected chi connectivity index (χ0v) is 30.8. The number of likely N-dealkylation sites (N-methyl/N-ethyl adjacent to an activating group) is 1. The average molecular weight is 783 g/mol. The molecule has 4 aliphatic rings. The first-order valence-corrected chi connectivity index (χ1v) is 17.5. The highest BCUT2D eigenvalue weighted by Gasteiger charge is 2.67. The van der Waals surface area contributed by atoms with Crippen LogP contribution in [0.1, 0.15) is 46.0 Å². The van der Waals surface area contributed by atoms with Crippen molar-refractivity contribution in [2.24, 2.45) is 17.6 Å². The molecule has 3 heterocycles. The number of halogens is 1. The summed E-state index contributed by atoms with van der Waals surface area (Å²) < 4.78 is 16.0. The number of carboxylic acids is 1. The fraction of sp³-hybridized carbons (Fsp3) is 0.405. The van der Waals surface area contributed by atoms with Crippen molar-refractivity contribution in [2.45, 2.75) is 44.1 Å². The number of nitrogens with two attached hydrogens (primary N) is 1. The van der Waals surface area contributed by atoms with Gasteiger partial charge in [0.2, 0.25) is 11.2 Å². The van der Waals surface area contributed by atoms with Crippen LogP contribution in [-0.4, -0.2) is 132 Å². The molecule has 1 aliphatic heterocycles. The van der Waals surface area contributed by atoms with Crippen molar-refractivity contribution in [1.29, 1.82) is 0 Å². The number of fused-ring (bicyclic) bond motifs is 4. The SMILES string of the molecule is CCn1cc(C(=O)O)c(=O)c2cc(F)c(N3CCNCC3)nc21.C[C@H]1c2cccc(O)c2C(=O)C2=C(O)[C@]3(O)C(=O)C(C(N)=O)=C(O)[C@@H](N(C)C)[C@@H]3[C@@H](O)[C@@H]21.O. The van der Waals surface area contributed by atoms with E-state index >= 15 is 0 Å². The topological polar surface area (TPSA) is 301 Å². The Kier molecular flexibility index (Phi) is 11.2. The van der Waals surface area contributed by atoms with Gasteiger partial charge in [-0.1, -0.05) is 19.1 Å².